The fourth-order valence-electron chi connectivity index (χ4n) is 2.80. The molecule has 0 saturated carbocycles. The van der Waals surface area contributed by atoms with E-state index in [4.69, 9.17) is 10.5 Å². The molecule has 1 saturated heterocycles. The summed E-state index contributed by atoms with van der Waals surface area (Å²) in [6.45, 7) is 3.77. The van der Waals surface area contributed by atoms with Crippen LogP contribution in [0, 0.1) is 12.0 Å². The number of rotatable bonds is 2. The van der Waals surface area contributed by atoms with Crippen LogP contribution in [-0.2, 0) is 4.74 Å². The summed E-state index contributed by atoms with van der Waals surface area (Å²) in [5, 5.41) is 3.66. The number of nitrogen functional groups attached to an aromatic ring is 1. The molecule has 1 fully saturated rings. The van der Waals surface area contributed by atoms with E-state index in [0.29, 0.717) is 11.2 Å². The highest BCUT2D eigenvalue weighted by Crippen LogP contribution is 2.40. The van der Waals surface area contributed by atoms with Crippen molar-refractivity contribution in [3.05, 3.63) is 23.9 Å². The molecule has 0 radical (unpaired) electrons. The van der Waals surface area contributed by atoms with E-state index in [9.17, 15) is 8.78 Å². The predicted molar refractivity (Wildman–Crippen MR) is 69.3 cm³/mol. The Morgan fingerprint density at radius 2 is 2.20 bits per heavy atom. The van der Waals surface area contributed by atoms with Crippen LogP contribution in [0.3, 0.4) is 0 Å². The van der Waals surface area contributed by atoms with Crippen LogP contribution in [0.5, 0.6) is 0 Å². The van der Waals surface area contributed by atoms with Gasteiger partial charge in [0, 0.05) is 5.92 Å². The molecule has 1 aliphatic rings. The zero-order valence-corrected chi connectivity index (χ0v) is 11.3. The lowest BCUT2D eigenvalue weighted by molar-refractivity contribution is 0.0196. The molecule has 108 valence electrons. The molecule has 5 nitrogen and oxygen atoms in total. The second-order valence-electron chi connectivity index (χ2n) is 5.13. The quantitative estimate of drug-likeness (QED) is 0.917. The summed E-state index contributed by atoms with van der Waals surface area (Å²) in [6, 6.07) is 3.30. The first-order chi connectivity index (χ1) is 9.52. The van der Waals surface area contributed by atoms with Gasteiger partial charge in [0.1, 0.15) is 17.8 Å². The molecular weight excluding hydrogens is 266 g/mol. The Balaban J connectivity index is 2.07. The van der Waals surface area contributed by atoms with Gasteiger partial charge in [-0.2, -0.15) is 9.37 Å². The first-order valence-corrected chi connectivity index (χ1v) is 6.63. The van der Waals surface area contributed by atoms with Crippen LogP contribution in [0.2, 0.25) is 0 Å². The summed E-state index contributed by atoms with van der Waals surface area (Å²) in [4.78, 5) is 3.45. The van der Waals surface area contributed by atoms with E-state index in [0.717, 1.165) is 6.42 Å². The van der Waals surface area contributed by atoms with Gasteiger partial charge in [-0.1, -0.05) is 13.8 Å². The van der Waals surface area contributed by atoms with Gasteiger partial charge in [-0.05, 0) is 18.6 Å². The Morgan fingerprint density at radius 1 is 1.45 bits per heavy atom. The van der Waals surface area contributed by atoms with Gasteiger partial charge in [-0.3, -0.25) is 0 Å². The average molecular weight is 282 g/mol. The lowest BCUT2D eigenvalue weighted by Gasteiger charge is -2.13. The topological polar surface area (TPSA) is 65.4 Å². The van der Waals surface area contributed by atoms with Crippen molar-refractivity contribution < 1.29 is 13.5 Å². The van der Waals surface area contributed by atoms with E-state index in [1.807, 2.05) is 13.8 Å². The van der Waals surface area contributed by atoms with E-state index in [1.165, 1.54) is 4.52 Å². The minimum Gasteiger partial charge on any atom is -0.382 e. The van der Waals surface area contributed by atoms with Crippen LogP contribution in [0.15, 0.2) is 12.1 Å². The highest BCUT2D eigenvalue weighted by molar-refractivity contribution is 5.65. The van der Waals surface area contributed by atoms with Crippen molar-refractivity contribution in [2.24, 2.45) is 5.92 Å². The summed E-state index contributed by atoms with van der Waals surface area (Å²) in [5.41, 5.74) is 6.55. The zero-order chi connectivity index (χ0) is 14.4. The fourth-order valence-corrected chi connectivity index (χ4v) is 2.80. The van der Waals surface area contributed by atoms with Gasteiger partial charge >= 0.3 is 6.08 Å². The van der Waals surface area contributed by atoms with Gasteiger partial charge in [-0.15, -0.1) is 5.10 Å². The molecule has 0 spiro atoms. The Hall–Kier alpha value is -1.76. The van der Waals surface area contributed by atoms with E-state index in [2.05, 4.69) is 10.1 Å². The maximum Gasteiger partial charge on any atom is 0.327 e. The number of aromatic nitrogens is 3. The minimum atomic E-state index is -1.16. The molecule has 2 aromatic rings. The molecule has 2 aromatic heterocycles. The minimum absolute atomic E-state index is 0.0252. The van der Waals surface area contributed by atoms with E-state index < -0.39 is 18.4 Å². The molecular formula is C13H16F2N4O. The summed E-state index contributed by atoms with van der Waals surface area (Å²) in [5.74, 6) is -0.183. The largest absolute Gasteiger partial charge is 0.382 e. The highest BCUT2D eigenvalue weighted by Gasteiger charge is 2.43. The first-order valence-electron chi connectivity index (χ1n) is 6.63. The number of nitrogens with two attached hydrogens (primary N) is 1. The van der Waals surface area contributed by atoms with Gasteiger partial charge in [0.25, 0.3) is 0 Å². The van der Waals surface area contributed by atoms with Gasteiger partial charge in [-0.25, -0.2) is 8.91 Å². The van der Waals surface area contributed by atoms with Crippen molar-refractivity contribution in [2.75, 3.05) is 5.73 Å². The third-order valence-electron chi connectivity index (χ3n) is 3.94. The smallest absolute Gasteiger partial charge is 0.327 e. The standard InChI is InChI=1S/C13H16F2N4O/c1-3-9-6(2)10(14)11(20-9)7-4-5-8-12(16)17-13(15)18-19(7)8/h4-6,9-11H,3H2,1-2H3,(H2,16,17,18)/t6-,9-,10-,11+/m1/s1. The van der Waals surface area contributed by atoms with Crippen LogP contribution in [0.1, 0.15) is 32.1 Å². The third-order valence-corrected chi connectivity index (χ3v) is 3.94. The molecule has 20 heavy (non-hydrogen) atoms. The Morgan fingerprint density at radius 3 is 2.85 bits per heavy atom. The number of alkyl halides is 1. The molecule has 0 aliphatic carbocycles. The number of fused-ring (bicyclic) bond motifs is 1. The molecule has 3 rings (SSSR count). The summed E-state index contributed by atoms with van der Waals surface area (Å²) < 4.78 is 34.7. The van der Waals surface area contributed by atoms with Gasteiger partial charge in [0.05, 0.1) is 11.8 Å². The molecule has 0 unspecified atom stereocenters. The SMILES string of the molecule is CC[C@H]1O[C@@H](c2ccc3c(N)nc(F)nn23)[C@H](F)[C@@H]1C. The summed E-state index contributed by atoms with van der Waals surface area (Å²) in [6.07, 6.45) is -2.28. The van der Waals surface area contributed by atoms with Crippen LogP contribution in [-0.4, -0.2) is 26.9 Å². The zero-order valence-electron chi connectivity index (χ0n) is 11.3. The van der Waals surface area contributed by atoms with Gasteiger partial charge in [0.15, 0.2) is 5.82 Å². The lowest BCUT2D eigenvalue weighted by atomic mass is 9.97. The summed E-state index contributed by atoms with van der Waals surface area (Å²) >= 11 is 0. The number of hydrogen-bond donors (Lipinski definition) is 1. The molecule has 0 bridgehead atoms. The van der Waals surface area contributed by atoms with Crippen LogP contribution < -0.4 is 5.73 Å². The van der Waals surface area contributed by atoms with Gasteiger partial charge in [0.2, 0.25) is 0 Å². The normalized spacial score (nSPS) is 30.2. The monoisotopic (exact) mass is 282 g/mol. The Bertz CT molecular complexity index is 645. The van der Waals surface area contributed by atoms with E-state index in [1.54, 1.807) is 12.1 Å². The van der Waals surface area contributed by atoms with Crippen molar-refractivity contribution >= 4 is 11.3 Å². The number of ether oxygens (including phenoxy) is 1. The number of anilines is 1. The molecule has 2 N–H and O–H groups in total. The second-order valence-corrected chi connectivity index (χ2v) is 5.13. The third kappa shape index (κ3) is 1.84. The van der Waals surface area contributed by atoms with Crippen molar-refractivity contribution in [3.63, 3.8) is 0 Å². The first kappa shape index (κ1) is 13.2. The molecule has 4 atom stereocenters. The molecule has 1 aliphatic heterocycles. The van der Waals surface area contributed by atoms with Crippen molar-refractivity contribution in [1.29, 1.82) is 0 Å². The van der Waals surface area contributed by atoms with Crippen molar-refractivity contribution in [3.8, 4) is 0 Å². The Labute approximate surface area is 114 Å². The molecule has 0 amide bonds. The van der Waals surface area contributed by atoms with Crippen LogP contribution in [0.4, 0.5) is 14.6 Å². The fraction of sp³-hybridized carbons (Fsp3) is 0.538. The highest BCUT2D eigenvalue weighted by atomic mass is 19.1. The second kappa shape index (κ2) is 4.66. The molecule has 3 heterocycles. The van der Waals surface area contributed by atoms with E-state index >= 15 is 0 Å². The molecule has 7 heteroatoms. The average Bonchev–Trinajstić information content (AvgIpc) is 2.93. The van der Waals surface area contributed by atoms with Crippen molar-refractivity contribution in [2.45, 2.75) is 38.6 Å². The summed E-state index contributed by atoms with van der Waals surface area (Å²) in [7, 11) is 0. The number of nitrogens with zero attached hydrogens (tertiary/aromatic N) is 3. The predicted octanol–water partition coefficient (Wildman–Crippen LogP) is 2.27. The Kier molecular flexibility index (Phi) is 3.08. The number of hydrogen-bond acceptors (Lipinski definition) is 4. The van der Waals surface area contributed by atoms with Crippen LogP contribution >= 0.6 is 0 Å². The molecule has 0 aromatic carbocycles. The maximum absolute atomic E-state index is 14.4. The lowest BCUT2D eigenvalue weighted by Crippen LogP contribution is -2.18. The number of halogens is 2. The maximum atomic E-state index is 14.4. The van der Waals surface area contributed by atoms with E-state index in [-0.39, 0.29) is 17.8 Å². The van der Waals surface area contributed by atoms with Crippen LogP contribution in [0.25, 0.3) is 5.52 Å². The van der Waals surface area contributed by atoms with Crippen molar-refractivity contribution in [1.82, 2.24) is 14.6 Å². The van der Waals surface area contributed by atoms with Gasteiger partial charge < -0.3 is 10.5 Å².